The summed E-state index contributed by atoms with van der Waals surface area (Å²) in [4.78, 5) is 0. The Kier molecular flexibility index (Phi) is 6.06. The third-order valence-electron chi connectivity index (χ3n) is 9.81. The summed E-state index contributed by atoms with van der Waals surface area (Å²) in [5, 5.41) is 9.50. The molecule has 2 heteroatoms. The molecule has 0 atom stereocenters. The first-order chi connectivity index (χ1) is 23.2. The molecule has 47 heavy (non-hydrogen) atoms. The van der Waals surface area contributed by atoms with Gasteiger partial charge in [0.15, 0.2) is 0 Å². The first-order valence-corrected chi connectivity index (χ1v) is 15.9. The molecule has 0 N–H and O–H groups in total. The Bertz CT molecular complexity index is 2480. The monoisotopic (exact) mass is 602 g/mol. The van der Waals surface area contributed by atoms with Crippen LogP contribution in [0, 0.1) is 0 Å². The molecule has 0 aliphatic heterocycles. The first kappa shape index (κ1) is 27.2. The lowest BCUT2D eigenvalue weighted by Crippen LogP contribution is -2.29. The van der Waals surface area contributed by atoms with Crippen LogP contribution < -0.4 is 9.47 Å². The van der Waals surface area contributed by atoms with Crippen molar-refractivity contribution in [2.45, 2.75) is 5.41 Å². The minimum Gasteiger partial charge on any atom is -0.466 e. The van der Waals surface area contributed by atoms with Gasteiger partial charge in [-0.25, -0.2) is 0 Å². The van der Waals surface area contributed by atoms with Crippen LogP contribution in [0.1, 0.15) is 22.3 Å². The topological polar surface area (TPSA) is 18.5 Å². The average Bonchev–Trinajstić information content (AvgIpc) is 3.41. The third-order valence-corrected chi connectivity index (χ3v) is 9.81. The van der Waals surface area contributed by atoms with Crippen molar-refractivity contribution in [1.82, 2.24) is 0 Å². The highest BCUT2D eigenvalue weighted by molar-refractivity contribution is 6.04. The lowest BCUT2D eigenvalue weighted by molar-refractivity contribution is 0.484. The van der Waals surface area contributed by atoms with Crippen molar-refractivity contribution in [3.8, 4) is 22.6 Å². The van der Waals surface area contributed by atoms with E-state index in [1.807, 2.05) is 12.1 Å². The highest BCUT2D eigenvalue weighted by Crippen LogP contribution is 2.59. The van der Waals surface area contributed by atoms with Crippen molar-refractivity contribution in [3.05, 3.63) is 194 Å². The molecule has 2 nitrogen and oxygen atoms in total. The minimum atomic E-state index is -0.593. The van der Waals surface area contributed by atoms with E-state index < -0.39 is 5.41 Å². The predicted molar refractivity (Wildman–Crippen MR) is 195 cm³/mol. The van der Waals surface area contributed by atoms with Crippen molar-refractivity contribution < 1.29 is 9.47 Å². The maximum absolute atomic E-state index is 5.63. The molecular weight excluding hydrogens is 572 g/mol. The number of ether oxygens (including phenoxy) is 2. The van der Waals surface area contributed by atoms with E-state index in [1.165, 1.54) is 67.4 Å². The van der Waals surface area contributed by atoms with Gasteiger partial charge in [0, 0.05) is 0 Å². The van der Waals surface area contributed by atoms with E-state index in [1.54, 1.807) is 0 Å². The molecule has 1 aliphatic rings. The summed E-state index contributed by atoms with van der Waals surface area (Å²) >= 11 is 0. The van der Waals surface area contributed by atoms with Gasteiger partial charge in [-0.1, -0.05) is 110 Å². The lowest BCUT2D eigenvalue weighted by Gasteiger charge is -2.35. The van der Waals surface area contributed by atoms with Crippen molar-refractivity contribution >= 4 is 43.1 Å². The average molecular weight is 603 g/mol. The van der Waals surface area contributed by atoms with E-state index in [4.69, 9.17) is 9.47 Å². The van der Waals surface area contributed by atoms with Crippen LogP contribution >= 0.6 is 0 Å². The van der Waals surface area contributed by atoms with Gasteiger partial charge in [0.25, 0.3) is 0 Å². The van der Waals surface area contributed by atoms with Crippen LogP contribution in [0.15, 0.2) is 171 Å². The fourth-order valence-electron chi connectivity index (χ4n) is 7.83. The summed E-state index contributed by atoms with van der Waals surface area (Å²) in [6, 6.07) is 53.2. The van der Waals surface area contributed by atoms with Gasteiger partial charge in [0.05, 0.1) is 17.9 Å². The summed E-state index contributed by atoms with van der Waals surface area (Å²) in [6.07, 6.45) is 2.94. The van der Waals surface area contributed by atoms with Gasteiger partial charge in [-0.15, -0.1) is 0 Å². The standard InChI is InChI=1S/C45H30O2/c1-3-46-38-20-15-32-23-36(18-13-34(32)25-38)45(37-19-14-35-26-39(47-4-2)21-16-33(35)24-37)43-28-31-11-6-5-10-30(31)27-42(43)41-22-17-29-9-7-8-12-40(29)44(41)45/h3-28H,1-2H2. The Hall–Kier alpha value is -6.12. The van der Waals surface area contributed by atoms with Crippen LogP contribution in [0.5, 0.6) is 11.5 Å². The molecule has 0 fully saturated rings. The molecule has 0 unspecified atom stereocenters. The zero-order valence-corrected chi connectivity index (χ0v) is 25.7. The largest absolute Gasteiger partial charge is 0.466 e. The van der Waals surface area contributed by atoms with E-state index in [0.717, 1.165) is 33.0 Å². The molecular formula is C45H30O2. The Labute approximate surface area is 273 Å². The van der Waals surface area contributed by atoms with Crippen LogP contribution in [0.25, 0.3) is 54.2 Å². The summed E-state index contributed by atoms with van der Waals surface area (Å²) < 4.78 is 11.3. The summed E-state index contributed by atoms with van der Waals surface area (Å²) in [6.45, 7) is 7.47. The maximum atomic E-state index is 5.63. The van der Waals surface area contributed by atoms with Crippen LogP contribution in [-0.4, -0.2) is 0 Å². The van der Waals surface area contributed by atoms with E-state index in [0.29, 0.717) is 0 Å². The quantitative estimate of drug-likeness (QED) is 0.176. The molecule has 0 spiro atoms. The van der Waals surface area contributed by atoms with Gasteiger partial charge < -0.3 is 9.47 Å². The molecule has 8 aromatic carbocycles. The zero-order valence-electron chi connectivity index (χ0n) is 25.7. The summed E-state index contributed by atoms with van der Waals surface area (Å²) in [5.74, 6) is 1.55. The second kappa shape index (κ2) is 10.5. The molecule has 8 aromatic rings. The van der Waals surface area contributed by atoms with Crippen molar-refractivity contribution in [2.75, 3.05) is 0 Å². The van der Waals surface area contributed by atoms with Gasteiger partial charge in [-0.2, -0.15) is 0 Å². The fraction of sp³-hybridized carbons (Fsp3) is 0.0222. The Morgan fingerprint density at radius 2 is 0.915 bits per heavy atom. The lowest BCUT2D eigenvalue weighted by atomic mass is 9.66. The highest BCUT2D eigenvalue weighted by Gasteiger charge is 2.47. The first-order valence-electron chi connectivity index (χ1n) is 15.9. The van der Waals surface area contributed by atoms with Crippen LogP contribution in [0.4, 0.5) is 0 Å². The SMILES string of the molecule is C=COc1ccc2cc(C3(c4ccc5cc(OC=C)ccc5c4)c4cc5ccccc5cc4-c4ccc5ccccc5c43)ccc2c1. The molecule has 222 valence electrons. The minimum absolute atomic E-state index is 0.593. The molecule has 0 heterocycles. The van der Waals surface area contributed by atoms with Crippen molar-refractivity contribution in [3.63, 3.8) is 0 Å². The number of rotatable bonds is 6. The molecule has 0 saturated heterocycles. The van der Waals surface area contributed by atoms with Crippen LogP contribution in [0.3, 0.4) is 0 Å². The second-order valence-corrected chi connectivity index (χ2v) is 12.2. The Morgan fingerprint density at radius 3 is 1.53 bits per heavy atom. The molecule has 0 radical (unpaired) electrons. The number of hydrogen-bond donors (Lipinski definition) is 0. The highest BCUT2D eigenvalue weighted by atomic mass is 16.5. The van der Waals surface area contributed by atoms with Gasteiger partial charge in [0.1, 0.15) is 11.5 Å². The van der Waals surface area contributed by atoms with Gasteiger partial charge >= 0.3 is 0 Å². The molecule has 0 bridgehead atoms. The van der Waals surface area contributed by atoms with Crippen molar-refractivity contribution in [2.24, 2.45) is 0 Å². The third kappa shape index (κ3) is 4.05. The van der Waals surface area contributed by atoms with Gasteiger partial charge in [0.2, 0.25) is 0 Å². The Morgan fingerprint density at radius 1 is 0.426 bits per heavy atom. The summed E-state index contributed by atoms with van der Waals surface area (Å²) in [7, 11) is 0. The summed E-state index contributed by atoms with van der Waals surface area (Å²) in [5.41, 5.74) is 7.00. The maximum Gasteiger partial charge on any atom is 0.127 e. The van der Waals surface area contributed by atoms with E-state index in [2.05, 4.69) is 147 Å². The van der Waals surface area contributed by atoms with Crippen LogP contribution in [0.2, 0.25) is 0 Å². The van der Waals surface area contributed by atoms with Gasteiger partial charge in [-0.3, -0.25) is 0 Å². The molecule has 0 aromatic heterocycles. The van der Waals surface area contributed by atoms with Crippen molar-refractivity contribution in [1.29, 1.82) is 0 Å². The number of fused-ring (bicyclic) bond motifs is 8. The smallest absolute Gasteiger partial charge is 0.127 e. The molecule has 9 rings (SSSR count). The van der Waals surface area contributed by atoms with Crippen LogP contribution in [-0.2, 0) is 5.41 Å². The zero-order chi connectivity index (χ0) is 31.5. The molecule has 1 aliphatic carbocycles. The van der Waals surface area contributed by atoms with E-state index >= 15 is 0 Å². The normalized spacial score (nSPS) is 13.0. The van der Waals surface area contributed by atoms with E-state index in [9.17, 15) is 0 Å². The fourth-order valence-corrected chi connectivity index (χ4v) is 7.83. The number of hydrogen-bond acceptors (Lipinski definition) is 2. The second-order valence-electron chi connectivity index (χ2n) is 12.2. The predicted octanol–water partition coefficient (Wildman–Crippen LogP) is 11.7. The van der Waals surface area contributed by atoms with E-state index in [-0.39, 0.29) is 0 Å². The Balaban J connectivity index is 1.44. The number of benzene rings is 8. The molecule has 0 amide bonds. The molecule has 0 saturated carbocycles. The van der Waals surface area contributed by atoms with Gasteiger partial charge in [-0.05, 0) is 125 Å².